The summed E-state index contributed by atoms with van der Waals surface area (Å²) < 4.78 is 0. The average Bonchev–Trinajstić information content (AvgIpc) is 3.02. The fourth-order valence-electron chi connectivity index (χ4n) is 3.24. The Morgan fingerprint density at radius 1 is 1.29 bits per heavy atom. The molecule has 0 saturated heterocycles. The first-order chi connectivity index (χ1) is 13.4. The molecule has 2 amide bonds. The van der Waals surface area contributed by atoms with Crippen molar-refractivity contribution in [2.75, 3.05) is 12.4 Å². The molecule has 0 radical (unpaired) electrons. The lowest BCUT2D eigenvalue weighted by Gasteiger charge is -2.18. The van der Waals surface area contributed by atoms with Crippen molar-refractivity contribution in [1.29, 1.82) is 0 Å². The Bertz CT molecular complexity index is 947. The lowest BCUT2D eigenvalue weighted by atomic mass is 9.88. The smallest absolute Gasteiger partial charge is 0.269 e. The number of benzene rings is 1. The van der Waals surface area contributed by atoms with Crippen LogP contribution in [0.15, 0.2) is 30.3 Å². The first-order valence-corrected chi connectivity index (χ1v) is 9.80. The van der Waals surface area contributed by atoms with Crippen LogP contribution in [0.1, 0.15) is 39.7 Å². The molecule has 28 heavy (non-hydrogen) atoms. The monoisotopic (exact) mass is 399 g/mol. The molecule has 1 unspecified atom stereocenters. The summed E-state index contributed by atoms with van der Waals surface area (Å²) in [6.45, 7) is 2.19. The second-order valence-corrected chi connectivity index (χ2v) is 7.91. The summed E-state index contributed by atoms with van der Waals surface area (Å²) in [5.41, 5.74) is 2.27. The van der Waals surface area contributed by atoms with Crippen molar-refractivity contribution in [3.05, 3.63) is 62.0 Å². The molecule has 1 heterocycles. The van der Waals surface area contributed by atoms with Gasteiger partial charge in [-0.05, 0) is 54.5 Å². The number of carbonyl (C=O) groups excluding carboxylic acids is 2. The van der Waals surface area contributed by atoms with Crippen LogP contribution < -0.4 is 10.6 Å². The summed E-state index contributed by atoms with van der Waals surface area (Å²) in [4.78, 5) is 36.1. The maximum Gasteiger partial charge on any atom is 0.269 e. The Balaban J connectivity index is 1.78. The van der Waals surface area contributed by atoms with Crippen molar-refractivity contribution in [3.8, 4) is 0 Å². The molecule has 146 valence electrons. The zero-order chi connectivity index (χ0) is 20.3. The predicted octanol–water partition coefficient (Wildman–Crippen LogP) is 3.79. The summed E-state index contributed by atoms with van der Waals surface area (Å²) in [6, 6.07) is 5.91. The zero-order valence-electron chi connectivity index (χ0n) is 15.7. The number of nitro groups is 1. The Morgan fingerprint density at radius 2 is 2.00 bits per heavy atom. The van der Waals surface area contributed by atoms with Crippen molar-refractivity contribution in [1.82, 2.24) is 5.32 Å². The fraction of sp³-hybridized carbons (Fsp3) is 0.300. The van der Waals surface area contributed by atoms with Gasteiger partial charge in [0.2, 0.25) is 5.91 Å². The van der Waals surface area contributed by atoms with Crippen molar-refractivity contribution < 1.29 is 14.5 Å². The van der Waals surface area contributed by atoms with Crippen LogP contribution in [0.5, 0.6) is 0 Å². The van der Waals surface area contributed by atoms with Crippen LogP contribution in [0.3, 0.4) is 0 Å². The number of thiophene rings is 1. The lowest BCUT2D eigenvalue weighted by Crippen LogP contribution is -2.22. The summed E-state index contributed by atoms with van der Waals surface area (Å²) >= 11 is 1.46. The minimum absolute atomic E-state index is 0.00443. The highest BCUT2D eigenvalue weighted by molar-refractivity contribution is 7.17. The number of amides is 2. The van der Waals surface area contributed by atoms with E-state index in [0.717, 1.165) is 29.7 Å². The van der Waals surface area contributed by atoms with E-state index in [-0.39, 0.29) is 17.5 Å². The van der Waals surface area contributed by atoms with Gasteiger partial charge in [-0.15, -0.1) is 11.3 Å². The standard InChI is InChI=1S/C20H21N3O4S/c1-12-3-9-15-16(11-12)28-20(18(15)19(25)21-2)22-17(24)10-6-13-4-7-14(8-5-13)23(26)27/h4-8,10,12H,3,9,11H2,1-2H3,(H,21,25)(H,22,24)/b10-6-. The van der Waals surface area contributed by atoms with Crippen molar-refractivity contribution in [3.63, 3.8) is 0 Å². The third kappa shape index (κ3) is 4.28. The lowest BCUT2D eigenvalue weighted by molar-refractivity contribution is -0.384. The van der Waals surface area contributed by atoms with Crippen LogP contribution in [-0.2, 0) is 17.6 Å². The first kappa shape index (κ1) is 19.8. The number of hydrogen-bond acceptors (Lipinski definition) is 5. The Kier molecular flexibility index (Phi) is 5.89. The number of non-ortho nitro benzene ring substituents is 1. The number of anilines is 1. The van der Waals surface area contributed by atoms with Crippen LogP contribution in [0.25, 0.3) is 6.08 Å². The second-order valence-electron chi connectivity index (χ2n) is 6.81. The maximum atomic E-state index is 12.4. The first-order valence-electron chi connectivity index (χ1n) is 8.99. The van der Waals surface area contributed by atoms with Crippen LogP contribution in [0.2, 0.25) is 0 Å². The quantitative estimate of drug-likeness (QED) is 0.454. The van der Waals surface area contributed by atoms with Crippen molar-refractivity contribution in [2.24, 2.45) is 5.92 Å². The number of fused-ring (bicyclic) bond motifs is 1. The molecule has 1 aromatic heterocycles. The molecule has 2 aromatic rings. The number of carbonyl (C=O) groups is 2. The molecule has 1 atom stereocenters. The van der Waals surface area contributed by atoms with Gasteiger partial charge in [0.1, 0.15) is 5.00 Å². The third-order valence-corrected chi connectivity index (χ3v) is 5.90. The average molecular weight is 399 g/mol. The number of rotatable bonds is 5. The summed E-state index contributed by atoms with van der Waals surface area (Å²) in [7, 11) is 1.58. The normalized spacial score (nSPS) is 15.9. The molecule has 0 bridgehead atoms. The van der Waals surface area contributed by atoms with Gasteiger partial charge in [-0.25, -0.2) is 0 Å². The summed E-state index contributed by atoms with van der Waals surface area (Å²) in [5, 5.41) is 16.7. The van der Waals surface area contributed by atoms with Crippen LogP contribution in [0.4, 0.5) is 10.7 Å². The highest BCUT2D eigenvalue weighted by Crippen LogP contribution is 2.39. The number of hydrogen-bond donors (Lipinski definition) is 2. The van der Waals surface area contributed by atoms with Gasteiger partial charge in [0.25, 0.3) is 11.6 Å². The molecular formula is C20H21N3O4S. The number of nitrogens with one attached hydrogen (secondary N) is 2. The summed E-state index contributed by atoms with van der Waals surface area (Å²) in [6.07, 6.45) is 5.72. The number of nitrogens with zero attached hydrogens (tertiary/aromatic N) is 1. The maximum absolute atomic E-state index is 12.4. The van der Waals surface area contributed by atoms with E-state index < -0.39 is 4.92 Å². The molecule has 0 saturated carbocycles. The van der Waals surface area contributed by atoms with Gasteiger partial charge >= 0.3 is 0 Å². The van der Waals surface area contributed by atoms with Crippen LogP contribution in [0, 0.1) is 16.0 Å². The molecule has 0 fully saturated rings. The second kappa shape index (κ2) is 8.35. The zero-order valence-corrected chi connectivity index (χ0v) is 16.5. The molecule has 2 N–H and O–H groups in total. The number of nitro benzene ring substituents is 1. The minimum atomic E-state index is -0.472. The van der Waals surface area contributed by atoms with Crippen molar-refractivity contribution >= 4 is 39.9 Å². The highest BCUT2D eigenvalue weighted by atomic mass is 32.1. The van der Waals surface area contributed by atoms with Gasteiger partial charge in [-0.1, -0.05) is 6.92 Å². The van der Waals surface area contributed by atoms with Gasteiger partial charge < -0.3 is 10.6 Å². The molecular weight excluding hydrogens is 378 g/mol. The van der Waals surface area contributed by atoms with E-state index in [4.69, 9.17) is 0 Å². The van der Waals surface area contributed by atoms with Gasteiger partial charge in [0, 0.05) is 30.1 Å². The molecule has 3 rings (SSSR count). The molecule has 1 aliphatic carbocycles. The SMILES string of the molecule is CNC(=O)c1c(NC(=O)/C=C\c2ccc([N+](=O)[O-])cc2)sc2c1CCC(C)C2. The van der Waals surface area contributed by atoms with Gasteiger partial charge in [0.15, 0.2) is 0 Å². The molecule has 1 aromatic carbocycles. The topological polar surface area (TPSA) is 101 Å². The van der Waals surface area contributed by atoms with E-state index in [9.17, 15) is 19.7 Å². The largest absolute Gasteiger partial charge is 0.355 e. The molecule has 0 spiro atoms. The van der Waals surface area contributed by atoms with Gasteiger partial charge in [0.05, 0.1) is 10.5 Å². The minimum Gasteiger partial charge on any atom is -0.355 e. The molecule has 7 nitrogen and oxygen atoms in total. The van der Waals surface area contributed by atoms with E-state index in [0.29, 0.717) is 22.0 Å². The predicted molar refractivity (Wildman–Crippen MR) is 110 cm³/mol. The van der Waals surface area contributed by atoms with Gasteiger partial charge in [-0.3, -0.25) is 19.7 Å². The van der Waals surface area contributed by atoms with Crippen LogP contribution >= 0.6 is 11.3 Å². The summed E-state index contributed by atoms with van der Waals surface area (Å²) in [5.74, 6) is 0.0196. The van der Waals surface area contributed by atoms with Gasteiger partial charge in [-0.2, -0.15) is 0 Å². The van der Waals surface area contributed by atoms with E-state index in [1.807, 2.05) is 0 Å². The molecule has 1 aliphatic rings. The Labute approximate surface area is 166 Å². The highest BCUT2D eigenvalue weighted by Gasteiger charge is 2.27. The molecule has 8 heteroatoms. The van der Waals surface area contributed by atoms with Crippen molar-refractivity contribution in [2.45, 2.75) is 26.2 Å². The molecule has 0 aliphatic heterocycles. The van der Waals surface area contributed by atoms with E-state index in [1.54, 1.807) is 25.3 Å². The van der Waals surface area contributed by atoms with E-state index in [2.05, 4.69) is 17.6 Å². The Morgan fingerprint density at radius 3 is 2.64 bits per heavy atom. The van der Waals surface area contributed by atoms with Crippen LogP contribution in [-0.4, -0.2) is 23.8 Å². The Hall–Kier alpha value is -3.00. The van der Waals surface area contributed by atoms with E-state index in [1.165, 1.54) is 29.5 Å². The fourth-order valence-corrected chi connectivity index (χ4v) is 4.65. The third-order valence-electron chi connectivity index (χ3n) is 4.73. The van der Waals surface area contributed by atoms with E-state index >= 15 is 0 Å².